The van der Waals surface area contributed by atoms with Crippen molar-refractivity contribution in [2.45, 2.75) is 70.0 Å². The van der Waals surface area contributed by atoms with E-state index in [-0.39, 0.29) is 36.7 Å². The number of halogens is 2. The van der Waals surface area contributed by atoms with Gasteiger partial charge < -0.3 is 10.2 Å². The van der Waals surface area contributed by atoms with Crippen LogP contribution in [0.4, 0.5) is 0 Å². The third-order valence-corrected chi connectivity index (χ3v) is 7.98. The zero-order chi connectivity index (χ0) is 26.2. The fourth-order valence-corrected chi connectivity index (χ4v) is 5.40. The van der Waals surface area contributed by atoms with Crippen molar-refractivity contribution in [1.29, 1.82) is 0 Å². The van der Waals surface area contributed by atoms with Gasteiger partial charge in [-0.3, -0.25) is 9.59 Å². The van der Waals surface area contributed by atoms with Crippen LogP contribution < -0.4 is 5.32 Å². The van der Waals surface area contributed by atoms with E-state index in [1.54, 1.807) is 17.0 Å². The van der Waals surface area contributed by atoms with Gasteiger partial charge in [0, 0.05) is 24.9 Å². The van der Waals surface area contributed by atoms with Crippen LogP contribution in [0.15, 0.2) is 78.9 Å². The minimum absolute atomic E-state index is 0.0879. The molecule has 0 saturated heterocycles. The number of nitrogens with one attached hydrogen (secondary N) is 1. The van der Waals surface area contributed by atoms with E-state index in [1.165, 1.54) is 6.42 Å². The molecule has 3 aromatic rings. The van der Waals surface area contributed by atoms with Crippen LogP contribution >= 0.6 is 23.2 Å². The van der Waals surface area contributed by atoms with E-state index in [1.807, 2.05) is 73.7 Å². The molecule has 37 heavy (non-hydrogen) atoms. The van der Waals surface area contributed by atoms with Gasteiger partial charge in [-0.2, -0.15) is 0 Å². The number of benzene rings is 3. The molecular formula is C31H34Cl2N2O2. The zero-order valence-electron chi connectivity index (χ0n) is 21.2. The standard InChI is InChI=1S/C31H34Cl2N2O2/c1-22(31(37)34-26-15-9-4-10-16-26)35(21-23-17-18-28(32)29(33)19-23)30(36)20-27(24-11-5-2-6-12-24)25-13-7-3-8-14-25/h2-3,5-8,11-14,17-19,22,26-27H,4,9-10,15-16,20-21H2,1H3,(H,34,37)/t22-/m1/s1. The van der Waals surface area contributed by atoms with E-state index in [9.17, 15) is 9.59 Å². The van der Waals surface area contributed by atoms with Crippen LogP contribution in [0.25, 0.3) is 0 Å². The lowest BCUT2D eigenvalue weighted by atomic mass is 9.88. The number of carbonyl (C=O) groups excluding carboxylic acids is 2. The molecule has 1 fully saturated rings. The molecule has 3 aromatic carbocycles. The molecule has 0 aromatic heterocycles. The summed E-state index contributed by atoms with van der Waals surface area (Å²) in [5.74, 6) is -0.328. The van der Waals surface area contributed by atoms with Gasteiger partial charge in [0.2, 0.25) is 11.8 Å². The Labute approximate surface area is 230 Å². The first-order chi connectivity index (χ1) is 17.9. The third-order valence-electron chi connectivity index (χ3n) is 7.24. The first kappa shape index (κ1) is 27.2. The van der Waals surface area contributed by atoms with Crippen LogP contribution in [0.5, 0.6) is 0 Å². The maximum absolute atomic E-state index is 14.0. The molecule has 0 unspecified atom stereocenters. The summed E-state index contributed by atoms with van der Waals surface area (Å²) in [6.45, 7) is 2.08. The highest BCUT2D eigenvalue weighted by atomic mass is 35.5. The van der Waals surface area contributed by atoms with E-state index >= 15 is 0 Å². The average Bonchev–Trinajstić information content (AvgIpc) is 2.93. The molecule has 6 heteroatoms. The summed E-state index contributed by atoms with van der Waals surface area (Å²) in [4.78, 5) is 29.0. The Bertz CT molecular complexity index is 1140. The zero-order valence-corrected chi connectivity index (χ0v) is 22.7. The smallest absolute Gasteiger partial charge is 0.242 e. The maximum Gasteiger partial charge on any atom is 0.242 e. The second-order valence-electron chi connectivity index (χ2n) is 9.87. The summed E-state index contributed by atoms with van der Waals surface area (Å²) < 4.78 is 0. The Morgan fingerprint density at radius 1 is 0.865 bits per heavy atom. The molecule has 2 amide bonds. The van der Waals surface area contributed by atoms with Crippen LogP contribution in [0.1, 0.15) is 68.1 Å². The summed E-state index contributed by atoms with van der Waals surface area (Å²) in [5.41, 5.74) is 2.96. The molecule has 0 aliphatic heterocycles. The first-order valence-electron chi connectivity index (χ1n) is 13.1. The summed E-state index contributed by atoms with van der Waals surface area (Å²) in [6, 6.07) is 25.0. The van der Waals surface area contributed by atoms with Crippen molar-refractivity contribution in [2.75, 3.05) is 0 Å². The molecule has 0 heterocycles. The molecule has 1 atom stereocenters. The third kappa shape index (κ3) is 7.37. The Balaban J connectivity index is 1.60. The molecule has 0 bridgehead atoms. The number of nitrogens with zero attached hydrogens (tertiary/aromatic N) is 1. The molecule has 0 radical (unpaired) electrons. The summed E-state index contributed by atoms with van der Waals surface area (Å²) in [7, 11) is 0. The molecule has 194 valence electrons. The van der Waals surface area contributed by atoms with Gasteiger partial charge in [-0.05, 0) is 48.6 Å². The first-order valence-corrected chi connectivity index (χ1v) is 13.8. The van der Waals surface area contributed by atoms with Crippen LogP contribution in [-0.4, -0.2) is 28.8 Å². The molecule has 0 spiro atoms. The molecule has 4 nitrogen and oxygen atoms in total. The van der Waals surface area contributed by atoms with E-state index < -0.39 is 6.04 Å². The lowest BCUT2D eigenvalue weighted by molar-refractivity contribution is -0.141. The number of rotatable bonds is 9. The molecular weight excluding hydrogens is 503 g/mol. The summed E-state index contributed by atoms with van der Waals surface area (Å²) in [6.07, 6.45) is 5.69. The Morgan fingerprint density at radius 2 is 1.46 bits per heavy atom. The topological polar surface area (TPSA) is 49.4 Å². The van der Waals surface area contributed by atoms with Crippen LogP contribution in [0.2, 0.25) is 10.0 Å². The number of amides is 2. The second kappa shape index (κ2) is 13.1. The largest absolute Gasteiger partial charge is 0.352 e. The van der Waals surface area contributed by atoms with Gasteiger partial charge in [0.05, 0.1) is 10.0 Å². The quantitative estimate of drug-likeness (QED) is 0.310. The monoisotopic (exact) mass is 536 g/mol. The Morgan fingerprint density at radius 3 is 2.03 bits per heavy atom. The molecule has 1 aliphatic rings. The van der Waals surface area contributed by atoms with E-state index in [4.69, 9.17) is 23.2 Å². The van der Waals surface area contributed by atoms with Crippen LogP contribution in [0.3, 0.4) is 0 Å². The van der Waals surface area contributed by atoms with Gasteiger partial charge >= 0.3 is 0 Å². The molecule has 4 rings (SSSR count). The summed E-state index contributed by atoms with van der Waals surface area (Å²) >= 11 is 12.4. The fraction of sp³-hybridized carbons (Fsp3) is 0.355. The van der Waals surface area contributed by atoms with Crippen molar-refractivity contribution in [3.05, 3.63) is 106 Å². The lowest BCUT2D eigenvalue weighted by Gasteiger charge is -2.32. The number of carbonyl (C=O) groups is 2. The van der Waals surface area contributed by atoms with Gasteiger partial charge in [-0.1, -0.05) is 109 Å². The van der Waals surface area contributed by atoms with Crippen molar-refractivity contribution in [1.82, 2.24) is 10.2 Å². The average molecular weight is 538 g/mol. The SMILES string of the molecule is C[C@H](C(=O)NC1CCCCC1)N(Cc1ccc(Cl)c(Cl)c1)C(=O)CC(c1ccccc1)c1ccccc1. The Hall–Kier alpha value is -2.82. The van der Waals surface area contributed by atoms with Gasteiger partial charge in [-0.25, -0.2) is 0 Å². The van der Waals surface area contributed by atoms with Crippen molar-refractivity contribution >= 4 is 35.0 Å². The van der Waals surface area contributed by atoms with Gasteiger partial charge in [0.15, 0.2) is 0 Å². The minimum atomic E-state index is -0.629. The van der Waals surface area contributed by atoms with Crippen LogP contribution in [-0.2, 0) is 16.1 Å². The van der Waals surface area contributed by atoms with E-state index in [2.05, 4.69) is 5.32 Å². The van der Waals surface area contributed by atoms with Crippen molar-refractivity contribution in [2.24, 2.45) is 0 Å². The Kier molecular flexibility index (Phi) is 9.65. The lowest BCUT2D eigenvalue weighted by Crippen LogP contribution is -2.50. The molecule has 1 N–H and O–H groups in total. The highest BCUT2D eigenvalue weighted by molar-refractivity contribution is 6.42. The molecule has 1 aliphatic carbocycles. The van der Waals surface area contributed by atoms with E-state index in [0.29, 0.717) is 10.0 Å². The highest BCUT2D eigenvalue weighted by Gasteiger charge is 2.30. The predicted molar refractivity (Wildman–Crippen MR) is 151 cm³/mol. The van der Waals surface area contributed by atoms with Crippen molar-refractivity contribution < 1.29 is 9.59 Å². The molecule has 1 saturated carbocycles. The van der Waals surface area contributed by atoms with Gasteiger partial charge in [0.25, 0.3) is 0 Å². The summed E-state index contributed by atoms with van der Waals surface area (Å²) in [5, 5.41) is 4.08. The number of hydrogen-bond acceptors (Lipinski definition) is 2. The van der Waals surface area contributed by atoms with Gasteiger partial charge in [-0.15, -0.1) is 0 Å². The maximum atomic E-state index is 14.0. The van der Waals surface area contributed by atoms with Crippen molar-refractivity contribution in [3.63, 3.8) is 0 Å². The normalized spacial score (nSPS) is 14.8. The minimum Gasteiger partial charge on any atom is -0.352 e. The van der Waals surface area contributed by atoms with E-state index in [0.717, 1.165) is 42.4 Å². The van der Waals surface area contributed by atoms with Crippen molar-refractivity contribution in [3.8, 4) is 0 Å². The second-order valence-corrected chi connectivity index (χ2v) is 10.7. The highest BCUT2D eigenvalue weighted by Crippen LogP contribution is 2.30. The van der Waals surface area contributed by atoms with Crippen LogP contribution in [0, 0.1) is 0 Å². The predicted octanol–water partition coefficient (Wildman–Crippen LogP) is 7.38. The van der Waals surface area contributed by atoms with Gasteiger partial charge in [0.1, 0.15) is 6.04 Å². The number of hydrogen-bond donors (Lipinski definition) is 1. The fourth-order valence-electron chi connectivity index (χ4n) is 5.08.